The quantitative estimate of drug-likeness (QED) is 0.848. The highest BCUT2D eigenvalue weighted by Crippen LogP contribution is 2.44. The molecule has 0 amide bonds. The lowest BCUT2D eigenvalue weighted by atomic mass is 9.89. The predicted octanol–water partition coefficient (Wildman–Crippen LogP) is 2.01. The maximum Gasteiger partial charge on any atom is 0.127 e. The van der Waals surface area contributed by atoms with Crippen LogP contribution in [0.15, 0.2) is 4.60 Å². The van der Waals surface area contributed by atoms with Gasteiger partial charge in [-0.15, -0.1) is 0 Å². The number of halogens is 1. The number of rotatable bonds is 1. The second-order valence-electron chi connectivity index (χ2n) is 4.98. The van der Waals surface area contributed by atoms with Crippen LogP contribution in [0, 0.1) is 12.8 Å². The minimum Gasteiger partial charge on any atom is -0.331 e. The molecule has 3 nitrogen and oxygen atoms in total. The highest BCUT2D eigenvalue weighted by atomic mass is 79.9. The number of nitrogens with two attached hydrogens (primary N) is 1. The lowest BCUT2D eigenvalue weighted by Crippen LogP contribution is -2.38. The van der Waals surface area contributed by atoms with Gasteiger partial charge in [-0.3, -0.25) is 0 Å². The highest BCUT2D eigenvalue weighted by Gasteiger charge is 2.46. The fourth-order valence-electron chi connectivity index (χ4n) is 2.70. The molecule has 1 aliphatic carbocycles. The fraction of sp³-hybridized carbons (Fsp3) is 0.727. The maximum atomic E-state index is 6.29. The largest absolute Gasteiger partial charge is 0.331 e. The van der Waals surface area contributed by atoms with Gasteiger partial charge in [0.1, 0.15) is 10.4 Å². The van der Waals surface area contributed by atoms with E-state index in [0.717, 1.165) is 23.4 Å². The molecule has 0 spiro atoms. The molecule has 2 N–H and O–H groups in total. The van der Waals surface area contributed by atoms with E-state index < -0.39 is 0 Å². The van der Waals surface area contributed by atoms with Crippen molar-refractivity contribution in [3.05, 3.63) is 16.1 Å². The Morgan fingerprint density at radius 2 is 2.27 bits per heavy atom. The van der Waals surface area contributed by atoms with Gasteiger partial charge in [0.2, 0.25) is 0 Å². The first-order valence-electron chi connectivity index (χ1n) is 5.60. The van der Waals surface area contributed by atoms with Gasteiger partial charge in [-0.1, -0.05) is 0 Å². The molecule has 3 rings (SSSR count). The normalized spacial score (nSPS) is 27.5. The Balaban J connectivity index is 1.92. The van der Waals surface area contributed by atoms with E-state index in [1.807, 2.05) is 0 Å². The van der Waals surface area contributed by atoms with Gasteiger partial charge in [0.15, 0.2) is 0 Å². The van der Waals surface area contributed by atoms with Crippen molar-refractivity contribution in [1.82, 2.24) is 9.55 Å². The zero-order valence-corrected chi connectivity index (χ0v) is 10.5. The summed E-state index contributed by atoms with van der Waals surface area (Å²) in [6.45, 7) is 3.14. The number of aryl methyl sites for hydroxylation is 1. The van der Waals surface area contributed by atoms with E-state index in [2.05, 4.69) is 32.4 Å². The molecule has 4 heteroatoms. The number of fused-ring (bicyclic) bond motifs is 1. The molecule has 0 saturated heterocycles. The second kappa shape index (κ2) is 3.08. The summed E-state index contributed by atoms with van der Waals surface area (Å²) in [5.41, 5.74) is 7.80. The van der Waals surface area contributed by atoms with Crippen LogP contribution in [-0.2, 0) is 13.0 Å². The van der Waals surface area contributed by atoms with Crippen LogP contribution in [-0.4, -0.2) is 15.1 Å². The summed E-state index contributed by atoms with van der Waals surface area (Å²) < 4.78 is 3.37. The minimum absolute atomic E-state index is 0.154. The van der Waals surface area contributed by atoms with Gasteiger partial charge in [0.25, 0.3) is 0 Å². The molecule has 1 aromatic heterocycles. The molecule has 1 aliphatic heterocycles. The van der Waals surface area contributed by atoms with E-state index in [0.29, 0.717) is 5.92 Å². The van der Waals surface area contributed by atoms with Crippen LogP contribution in [0.1, 0.15) is 30.8 Å². The van der Waals surface area contributed by atoms with E-state index in [-0.39, 0.29) is 5.54 Å². The summed E-state index contributed by atoms with van der Waals surface area (Å²) in [5, 5.41) is 0. The van der Waals surface area contributed by atoms with E-state index in [9.17, 15) is 0 Å². The van der Waals surface area contributed by atoms with Crippen molar-refractivity contribution in [1.29, 1.82) is 0 Å². The molecule has 2 aliphatic rings. The highest BCUT2D eigenvalue weighted by molar-refractivity contribution is 9.10. The Kier molecular flexibility index (Phi) is 2.02. The molecule has 15 heavy (non-hydrogen) atoms. The third kappa shape index (κ3) is 1.46. The summed E-state index contributed by atoms with van der Waals surface area (Å²) in [7, 11) is 0. The Bertz CT molecular complexity index is 406. The van der Waals surface area contributed by atoms with Gasteiger partial charge in [-0.2, -0.15) is 0 Å². The first-order chi connectivity index (χ1) is 7.10. The number of hydrogen-bond donors (Lipinski definition) is 1. The average Bonchev–Trinajstić information content (AvgIpc) is 2.90. The topological polar surface area (TPSA) is 43.8 Å². The molecule has 1 atom stereocenters. The number of imidazole rings is 1. The molecule has 1 saturated carbocycles. The van der Waals surface area contributed by atoms with Crippen molar-refractivity contribution in [2.45, 2.75) is 44.7 Å². The van der Waals surface area contributed by atoms with Gasteiger partial charge < -0.3 is 10.3 Å². The van der Waals surface area contributed by atoms with Gasteiger partial charge in [0, 0.05) is 12.1 Å². The van der Waals surface area contributed by atoms with Crippen LogP contribution in [0.25, 0.3) is 0 Å². The molecule has 82 valence electrons. The smallest absolute Gasteiger partial charge is 0.127 e. The lowest BCUT2D eigenvalue weighted by Gasteiger charge is -2.29. The molecule has 1 fully saturated rings. The van der Waals surface area contributed by atoms with Crippen molar-refractivity contribution in [3.63, 3.8) is 0 Å². The van der Waals surface area contributed by atoms with Crippen LogP contribution in [0.4, 0.5) is 0 Å². The standard InChI is InChI=1S/C11H16BrN3/c1-7-14-10(12)9-3-2-8(6-15(7)9)11(13)4-5-11/h8H,2-6,13H2,1H3. The van der Waals surface area contributed by atoms with Gasteiger partial charge in [0.05, 0.1) is 5.69 Å². The summed E-state index contributed by atoms with van der Waals surface area (Å²) in [6.07, 6.45) is 4.76. The van der Waals surface area contributed by atoms with Gasteiger partial charge >= 0.3 is 0 Å². The number of nitrogens with zero attached hydrogens (tertiary/aromatic N) is 2. The maximum absolute atomic E-state index is 6.29. The molecule has 0 radical (unpaired) electrons. The summed E-state index contributed by atoms with van der Waals surface area (Å²) in [4.78, 5) is 4.47. The fourth-order valence-corrected chi connectivity index (χ4v) is 3.37. The van der Waals surface area contributed by atoms with Crippen molar-refractivity contribution < 1.29 is 0 Å². The summed E-state index contributed by atoms with van der Waals surface area (Å²) >= 11 is 3.53. The number of hydrogen-bond acceptors (Lipinski definition) is 2. The van der Waals surface area contributed by atoms with Crippen LogP contribution < -0.4 is 5.73 Å². The predicted molar refractivity (Wildman–Crippen MR) is 62.6 cm³/mol. The third-order valence-electron chi connectivity index (χ3n) is 3.99. The van der Waals surface area contributed by atoms with Gasteiger partial charge in [-0.05, 0) is 54.5 Å². The molecule has 0 bridgehead atoms. The van der Waals surface area contributed by atoms with Crippen LogP contribution in [0.5, 0.6) is 0 Å². The number of aromatic nitrogens is 2. The van der Waals surface area contributed by atoms with Crippen molar-refractivity contribution in [2.75, 3.05) is 0 Å². The third-order valence-corrected chi connectivity index (χ3v) is 4.62. The van der Waals surface area contributed by atoms with E-state index >= 15 is 0 Å². The first kappa shape index (κ1) is 9.85. The minimum atomic E-state index is 0.154. The molecule has 1 unspecified atom stereocenters. The van der Waals surface area contributed by atoms with Gasteiger partial charge in [-0.25, -0.2) is 4.98 Å². The SMILES string of the molecule is Cc1nc(Br)c2n1CC(C1(N)CC1)CC2. The Morgan fingerprint density at radius 3 is 2.93 bits per heavy atom. The Hall–Kier alpha value is -0.350. The molecule has 0 aromatic carbocycles. The Labute approximate surface area is 98.2 Å². The average molecular weight is 270 g/mol. The van der Waals surface area contributed by atoms with Crippen molar-refractivity contribution >= 4 is 15.9 Å². The first-order valence-corrected chi connectivity index (χ1v) is 6.40. The van der Waals surface area contributed by atoms with Crippen LogP contribution in [0.2, 0.25) is 0 Å². The van der Waals surface area contributed by atoms with E-state index in [1.165, 1.54) is 25.0 Å². The van der Waals surface area contributed by atoms with E-state index in [4.69, 9.17) is 5.73 Å². The van der Waals surface area contributed by atoms with Crippen LogP contribution in [0.3, 0.4) is 0 Å². The lowest BCUT2D eigenvalue weighted by molar-refractivity contribution is 0.295. The summed E-state index contributed by atoms with van der Waals surface area (Å²) in [6, 6.07) is 0. The Morgan fingerprint density at radius 1 is 1.53 bits per heavy atom. The van der Waals surface area contributed by atoms with Crippen molar-refractivity contribution in [2.24, 2.45) is 11.7 Å². The monoisotopic (exact) mass is 269 g/mol. The molecular weight excluding hydrogens is 254 g/mol. The molecule has 1 aromatic rings. The molecular formula is C11H16BrN3. The van der Waals surface area contributed by atoms with E-state index in [1.54, 1.807) is 0 Å². The van der Waals surface area contributed by atoms with Crippen molar-refractivity contribution in [3.8, 4) is 0 Å². The summed E-state index contributed by atoms with van der Waals surface area (Å²) in [5.74, 6) is 1.77. The second-order valence-corrected chi connectivity index (χ2v) is 5.73. The molecule has 2 heterocycles. The zero-order valence-electron chi connectivity index (χ0n) is 8.96. The zero-order chi connectivity index (χ0) is 10.6. The van der Waals surface area contributed by atoms with Crippen LogP contribution >= 0.6 is 15.9 Å².